The van der Waals surface area contributed by atoms with Gasteiger partial charge in [-0.3, -0.25) is 0 Å². The van der Waals surface area contributed by atoms with Gasteiger partial charge in [0.2, 0.25) is 0 Å². The molecule has 96 valence electrons. The van der Waals surface area contributed by atoms with Gasteiger partial charge in [-0.05, 0) is 26.3 Å². The van der Waals surface area contributed by atoms with Gasteiger partial charge in [-0.25, -0.2) is 0 Å². The molecule has 0 aromatic heterocycles. The fraction of sp³-hybridized carbons (Fsp3) is 0.571. The Hall–Kier alpha value is -1.06. The molecule has 0 aliphatic heterocycles. The number of hydrogen-bond acceptors (Lipinski definition) is 3. The molecular formula is C14H23NO2. The zero-order valence-electron chi connectivity index (χ0n) is 11.1. The molecule has 1 atom stereocenters. The van der Waals surface area contributed by atoms with Crippen molar-refractivity contribution in [1.82, 2.24) is 0 Å². The number of hydrogen-bond donors (Lipinski definition) is 2. The minimum atomic E-state index is -0.455. The van der Waals surface area contributed by atoms with Gasteiger partial charge in [0.25, 0.3) is 0 Å². The van der Waals surface area contributed by atoms with Crippen molar-refractivity contribution >= 4 is 5.69 Å². The van der Waals surface area contributed by atoms with Crippen LogP contribution in [0.5, 0.6) is 0 Å². The van der Waals surface area contributed by atoms with Gasteiger partial charge < -0.3 is 15.1 Å². The van der Waals surface area contributed by atoms with Crippen molar-refractivity contribution < 1.29 is 10.2 Å². The molecule has 2 N–H and O–H groups in total. The van der Waals surface area contributed by atoms with E-state index in [1.54, 1.807) is 0 Å². The van der Waals surface area contributed by atoms with Gasteiger partial charge in [-0.1, -0.05) is 25.1 Å². The lowest BCUT2D eigenvalue weighted by molar-refractivity contribution is 0.172. The van der Waals surface area contributed by atoms with Crippen LogP contribution in [0.25, 0.3) is 0 Å². The lowest BCUT2D eigenvalue weighted by Gasteiger charge is -2.37. The fourth-order valence-corrected chi connectivity index (χ4v) is 1.73. The molecule has 0 spiro atoms. The summed E-state index contributed by atoms with van der Waals surface area (Å²) in [5.41, 5.74) is 1.55. The number of aliphatic hydroxyl groups is 2. The van der Waals surface area contributed by atoms with Crippen LogP contribution in [-0.4, -0.2) is 29.4 Å². The molecule has 0 saturated carbocycles. The average Bonchev–Trinajstić information content (AvgIpc) is 2.36. The van der Waals surface area contributed by atoms with E-state index in [4.69, 9.17) is 0 Å². The lowest BCUT2D eigenvalue weighted by atomic mass is 9.99. The molecule has 1 aromatic rings. The van der Waals surface area contributed by atoms with E-state index in [0.717, 1.165) is 11.3 Å². The summed E-state index contributed by atoms with van der Waals surface area (Å²) in [4.78, 5) is 2.02. The lowest BCUT2D eigenvalue weighted by Crippen LogP contribution is -2.44. The summed E-state index contributed by atoms with van der Waals surface area (Å²) in [6, 6.07) is 7.79. The first-order chi connectivity index (χ1) is 7.94. The van der Waals surface area contributed by atoms with E-state index in [1.807, 2.05) is 57.0 Å². The third-order valence-corrected chi connectivity index (χ3v) is 3.34. The summed E-state index contributed by atoms with van der Waals surface area (Å²) < 4.78 is 0. The zero-order valence-corrected chi connectivity index (χ0v) is 11.1. The maximum absolute atomic E-state index is 10.0. The fourth-order valence-electron chi connectivity index (χ4n) is 1.73. The molecule has 1 aromatic carbocycles. The predicted molar refractivity (Wildman–Crippen MR) is 71.3 cm³/mol. The number of para-hydroxylation sites is 1. The van der Waals surface area contributed by atoms with Gasteiger partial charge in [0.05, 0.1) is 18.2 Å². The highest BCUT2D eigenvalue weighted by molar-refractivity contribution is 5.55. The minimum absolute atomic E-state index is 0.0695. The molecule has 3 nitrogen and oxygen atoms in total. The van der Waals surface area contributed by atoms with Crippen LogP contribution in [0.4, 0.5) is 5.69 Å². The van der Waals surface area contributed by atoms with E-state index in [-0.39, 0.29) is 12.1 Å². The predicted octanol–water partition coefficient (Wildman–Crippen LogP) is 2.34. The van der Waals surface area contributed by atoms with E-state index >= 15 is 0 Å². The molecule has 0 heterocycles. The summed E-state index contributed by atoms with van der Waals surface area (Å²) in [6.45, 7) is 5.98. The number of nitrogens with zero attached hydrogens (tertiary/aromatic N) is 1. The number of aliphatic hydroxyl groups excluding tert-OH is 2. The van der Waals surface area contributed by atoms with Gasteiger partial charge in [0, 0.05) is 18.3 Å². The van der Waals surface area contributed by atoms with Crippen molar-refractivity contribution in [3.8, 4) is 0 Å². The maximum atomic E-state index is 10.0. The number of anilines is 1. The van der Waals surface area contributed by atoms with Gasteiger partial charge in [0.1, 0.15) is 0 Å². The highest BCUT2D eigenvalue weighted by Crippen LogP contribution is 2.31. The van der Waals surface area contributed by atoms with Crippen molar-refractivity contribution in [2.45, 2.75) is 38.8 Å². The van der Waals surface area contributed by atoms with Crippen molar-refractivity contribution in [3.63, 3.8) is 0 Å². The normalized spacial score (nSPS) is 13.5. The molecule has 0 saturated heterocycles. The van der Waals surface area contributed by atoms with E-state index < -0.39 is 6.10 Å². The third kappa shape index (κ3) is 2.99. The van der Waals surface area contributed by atoms with Gasteiger partial charge >= 0.3 is 0 Å². The Morgan fingerprint density at radius 2 is 1.88 bits per heavy atom. The Morgan fingerprint density at radius 1 is 1.29 bits per heavy atom. The molecule has 0 unspecified atom stereocenters. The van der Waals surface area contributed by atoms with Gasteiger partial charge in [-0.15, -0.1) is 0 Å². The molecule has 17 heavy (non-hydrogen) atoms. The number of rotatable bonds is 5. The third-order valence-electron chi connectivity index (χ3n) is 3.34. The topological polar surface area (TPSA) is 43.7 Å². The largest absolute Gasteiger partial charge is 0.394 e. The Balaban J connectivity index is 3.13. The maximum Gasteiger partial charge on any atom is 0.0807 e. The molecule has 0 bridgehead atoms. The van der Waals surface area contributed by atoms with Crippen LogP contribution in [0.3, 0.4) is 0 Å². The number of benzene rings is 1. The first-order valence-electron chi connectivity index (χ1n) is 6.05. The second-order valence-corrected chi connectivity index (χ2v) is 5.01. The molecule has 0 radical (unpaired) electrons. The second-order valence-electron chi connectivity index (χ2n) is 5.01. The first kappa shape index (κ1) is 14.0. The number of likely N-dealkylation sites (N-methyl/N-ethyl adjacent to an activating group) is 1. The first-order valence-corrected chi connectivity index (χ1v) is 6.05. The highest BCUT2D eigenvalue weighted by atomic mass is 16.3. The zero-order chi connectivity index (χ0) is 13.1. The van der Waals surface area contributed by atoms with Crippen molar-refractivity contribution in [1.29, 1.82) is 0 Å². The van der Waals surface area contributed by atoms with E-state index in [2.05, 4.69) is 0 Å². The van der Waals surface area contributed by atoms with E-state index in [0.29, 0.717) is 6.42 Å². The molecule has 0 aliphatic carbocycles. The monoisotopic (exact) mass is 237 g/mol. The summed E-state index contributed by atoms with van der Waals surface area (Å²) in [5.74, 6) is 0. The Labute approximate surface area is 104 Å². The van der Waals surface area contributed by atoms with Crippen molar-refractivity contribution in [2.75, 3.05) is 18.6 Å². The van der Waals surface area contributed by atoms with Gasteiger partial charge in [0.15, 0.2) is 0 Å². The Kier molecular flexibility index (Phi) is 4.54. The molecule has 0 fully saturated rings. The van der Waals surface area contributed by atoms with Crippen LogP contribution in [0.15, 0.2) is 24.3 Å². The summed E-state index contributed by atoms with van der Waals surface area (Å²) in [7, 11) is 1.94. The quantitative estimate of drug-likeness (QED) is 0.826. The van der Waals surface area contributed by atoms with Crippen molar-refractivity contribution in [3.05, 3.63) is 29.8 Å². The summed E-state index contributed by atoms with van der Waals surface area (Å²) in [6.07, 6.45) is 0.230. The summed E-state index contributed by atoms with van der Waals surface area (Å²) in [5, 5.41) is 19.4. The van der Waals surface area contributed by atoms with Gasteiger partial charge in [-0.2, -0.15) is 0 Å². The van der Waals surface area contributed by atoms with E-state index in [1.165, 1.54) is 0 Å². The molecule has 3 heteroatoms. The van der Waals surface area contributed by atoms with E-state index in [9.17, 15) is 10.2 Å². The summed E-state index contributed by atoms with van der Waals surface area (Å²) >= 11 is 0. The van der Waals surface area contributed by atoms with Crippen molar-refractivity contribution in [2.24, 2.45) is 0 Å². The SMILES string of the molecule is CC[C@@H](O)c1ccccc1N(C)C(C)(C)CO. The van der Waals surface area contributed by atoms with Crippen LogP contribution in [0.1, 0.15) is 38.9 Å². The smallest absolute Gasteiger partial charge is 0.0807 e. The minimum Gasteiger partial charge on any atom is -0.394 e. The molecule has 1 rings (SSSR count). The Morgan fingerprint density at radius 3 is 2.41 bits per heavy atom. The van der Waals surface area contributed by atoms with Crippen LogP contribution in [0, 0.1) is 0 Å². The standard InChI is InChI=1S/C14H23NO2/c1-5-13(17)11-8-6-7-9-12(11)15(4)14(2,3)10-16/h6-9,13,16-17H,5,10H2,1-4H3/t13-/m1/s1. The molecule has 0 aliphatic rings. The van der Waals surface area contributed by atoms with Crippen LogP contribution < -0.4 is 4.90 Å². The molecular weight excluding hydrogens is 214 g/mol. The molecule has 0 amide bonds. The van der Waals surface area contributed by atoms with Crippen LogP contribution >= 0.6 is 0 Å². The van der Waals surface area contributed by atoms with Crippen LogP contribution in [0.2, 0.25) is 0 Å². The Bertz CT molecular complexity index is 363. The highest BCUT2D eigenvalue weighted by Gasteiger charge is 2.25. The average molecular weight is 237 g/mol. The van der Waals surface area contributed by atoms with Crippen LogP contribution in [-0.2, 0) is 0 Å². The second kappa shape index (κ2) is 5.52.